The Hall–Kier alpha value is -1.74. The van der Waals surface area contributed by atoms with Crippen LogP contribution in [0.5, 0.6) is 0 Å². The van der Waals surface area contributed by atoms with Crippen molar-refractivity contribution in [2.75, 3.05) is 0 Å². The smallest absolute Gasteiger partial charge is 0.148 e. The van der Waals surface area contributed by atoms with E-state index in [1.54, 1.807) is 12.4 Å². The molecule has 0 aliphatic heterocycles. The van der Waals surface area contributed by atoms with Crippen LogP contribution in [-0.4, -0.2) is 9.97 Å². The van der Waals surface area contributed by atoms with Gasteiger partial charge in [-0.2, -0.15) is 0 Å². The molecule has 0 saturated carbocycles. The van der Waals surface area contributed by atoms with Crippen LogP contribution in [0.1, 0.15) is 17.0 Å². The van der Waals surface area contributed by atoms with Gasteiger partial charge in [-0.25, -0.2) is 9.97 Å². The van der Waals surface area contributed by atoms with Crippen LogP contribution in [0.2, 0.25) is 0 Å². The second-order valence-corrected chi connectivity index (χ2v) is 4.35. The summed E-state index contributed by atoms with van der Waals surface area (Å²) in [5.74, 6) is 0.742. The Morgan fingerprint density at radius 3 is 2.06 bits per heavy atom. The summed E-state index contributed by atoms with van der Waals surface area (Å²) in [7, 11) is 0. The first-order valence-corrected chi connectivity index (χ1v) is 5.41. The molecule has 3 rings (SSSR count). The van der Waals surface area contributed by atoms with E-state index >= 15 is 0 Å². The summed E-state index contributed by atoms with van der Waals surface area (Å²) >= 11 is 0. The van der Waals surface area contributed by atoms with Gasteiger partial charge in [0.15, 0.2) is 0 Å². The van der Waals surface area contributed by atoms with Crippen LogP contribution in [0.3, 0.4) is 0 Å². The molecule has 0 bridgehead atoms. The van der Waals surface area contributed by atoms with Gasteiger partial charge >= 0.3 is 0 Å². The fourth-order valence-electron chi connectivity index (χ4n) is 2.36. The van der Waals surface area contributed by atoms with Crippen LogP contribution in [-0.2, 0) is 18.4 Å². The van der Waals surface area contributed by atoms with Crippen LogP contribution >= 0.6 is 0 Å². The molecule has 3 heteroatoms. The Labute approximate surface area is 94.4 Å². The lowest BCUT2D eigenvalue weighted by Crippen LogP contribution is -2.39. The fourth-order valence-corrected chi connectivity index (χ4v) is 2.36. The number of nitrogens with two attached hydrogens (primary N) is 1. The van der Waals surface area contributed by atoms with E-state index in [0.29, 0.717) is 0 Å². The lowest BCUT2D eigenvalue weighted by atomic mass is 9.96. The molecule has 0 fully saturated rings. The molecular formula is C13H13N3. The molecule has 80 valence electrons. The second-order valence-electron chi connectivity index (χ2n) is 4.35. The maximum Gasteiger partial charge on any atom is 0.148 e. The van der Waals surface area contributed by atoms with Gasteiger partial charge in [0.05, 0.1) is 5.54 Å². The molecule has 1 aliphatic carbocycles. The molecule has 0 unspecified atom stereocenters. The Balaban J connectivity index is 2.01. The normalized spacial score (nSPS) is 17.1. The molecule has 2 N–H and O–H groups in total. The molecule has 0 amide bonds. The van der Waals surface area contributed by atoms with Gasteiger partial charge in [0, 0.05) is 12.4 Å². The van der Waals surface area contributed by atoms with Crippen LogP contribution in [0.15, 0.2) is 42.7 Å². The average molecular weight is 211 g/mol. The summed E-state index contributed by atoms with van der Waals surface area (Å²) in [6.07, 6.45) is 5.15. The maximum atomic E-state index is 6.41. The van der Waals surface area contributed by atoms with E-state index in [4.69, 9.17) is 5.73 Å². The van der Waals surface area contributed by atoms with Crippen LogP contribution < -0.4 is 5.73 Å². The molecule has 0 saturated heterocycles. The molecule has 3 nitrogen and oxygen atoms in total. The minimum Gasteiger partial charge on any atom is -0.318 e. The first-order chi connectivity index (χ1) is 7.78. The average Bonchev–Trinajstić information content (AvgIpc) is 2.68. The summed E-state index contributed by atoms with van der Waals surface area (Å²) in [5, 5.41) is 0. The third-order valence-electron chi connectivity index (χ3n) is 3.14. The van der Waals surface area contributed by atoms with Crippen molar-refractivity contribution in [1.29, 1.82) is 0 Å². The predicted molar refractivity (Wildman–Crippen MR) is 61.7 cm³/mol. The summed E-state index contributed by atoms with van der Waals surface area (Å²) < 4.78 is 0. The molecule has 16 heavy (non-hydrogen) atoms. The van der Waals surface area contributed by atoms with E-state index in [1.807, 2.05) is 6.07 Å². The molecule has 0 spiro atoms. The minimum atomic E-state index is -0.426. The maximum absolute atomic E-state index is 6.41. The molecule has 1 aromatic heterocycles. The number of fused-ring (bicyclic) bond motifs is 1. The van der Waals surface area contributed by atoms with Gasteiger partial charge in [-0.1, -0.05) is 24.3 Å². The van der Waals surface area contributed by atoms with E-state index in [0.717, 1.165) is 18.7 Å². The van der Waals surface area contributed by atoms with E-state index in [9.17, 15) is 0 Å². The molecule has 1 aromatic carbocycles. The first-order valence-electron chi connectivity index (χ1n) is 5.41. The van der Waals surface area contributed by atoms with E-state index in [1.165, 1.54) is 11.1 Å². The largest absolute Gasteiger partial charge is 0.318 e. The van der Waals surface area contributed by atoms with Crippen LogP contribution in [0.25, 0.3) is 0 Å². The van der Waals surface area contributed by atoms with E-state index < -0.39 is 5.54 Å². The first kappa shape index (κ1) is 9.48. The van der Waals surface area contributed by atoms with Crippen molar-refractivity contribution in [2.45, 2.75) is 18.4 Å². The number of aromatic nitrogens is 2. The number of nitrogens with zero attached hydrogens (tertiary/aromatic N) is 2. The number of rotatable bonds is 1. The predicted octanol–water partition coefficient (Wildman–Crippen LogP) is 1.43. The van der Waals surface area contributed by atoms with Gasteiger partial charge in [-0.15, -0.1) is 0 Å². The summed E-state index contributed by atoms with van der Waals surface area (Å²) in [6.45, 7) is 0. The molecule has 1 aliphatic rings. The summed E-state index contributed by atoms with van der Waals surface area (Å²) in [6, 6.07) is 10.2. The Morgan fingerprint density at radius 1 is 0.938 bits per heavy atom. The third-order valence-corrected chi connectivity index (χ3v) is 3.14. The van der Waals surface area contributed by atoms with Gasteiger partial charge in [0.25, 0.3) is 0 Å². The lowest BCUT2D eigenvalue weighted by molar-refractivity contribution is 0.441. The zero-order valence-electron chi connectivity index (χ0n) is 8.93. The second kappa shape index (κ2) is 3.39. The highest BCUT2D eigenvalue weighted by Gasteiger charge is 2.37. The zero-order valence-corrected chi connectivity index (χ0v) is 8.93. The fraction of sp³-hybridized carbons (Fsp3) is 0.231. The van der Waals surface area contributed by atoms with Crippen molar-refractivity contribution < 1.29 is 0 Å². The van der Waals surface area contributed by atoms with E-state index in [-0.39, 0.29) is 0 Å². The molecule has 2 aromatic rings. The number of benzene rings is 1. The SMILES string of the molecule is NC1(c2ncccn2)Cc2ccccc2C1. The monoisotopic (exact) mass is 211 g/mol. The van der Waals surface area contributed by atoms with Gasteiger partial charge in [-0.05, 0) is 30.0 Å². The van der Waals surface area contributed by atoms with Crippen LogP contribution in [0, 0.1) is 0 Å². The van der Waals surface area contributed by atoms with Crippen molar-refractivity contribution in [3.8, 4) is 0 Å². The highest BCUT2D eigenvalue weighted by molar-refractivity contribution is 5.37. The number of hydrogen-bond donors (Lipinski definition) is 1. The summed E-state index contributed by atoms with van der Waals surface area (Å²) in [4.78, 5) is 8.56. The van der Waals surface area contributed by atoms with Crippen molar-refractivity contribution in [3.63, 3.8) is 0 Å². The van der Waals surface area contributed by atoms with Crippen LogP contribution in [0.4, 0.5) is 0 Å². The van der Waals surface area contributed by atoms with Gasteiger partial charge in [-0.3, -0.25) is 0 Å². The topological polar surface area (TPSA) is 51.8 Å². The van der Waals surface area contributed by atoms with Crippen molar-refractivity contribution in [3.05, 3.63) is 59.7 Å². The van der Waals surface area contributed by atoms with Gasteiger partial charge < -0.3 is 5.73 Å². The molecule has 1 heterocycles. The quantitative estimate of drug-likeness (QED) is 0.776. The standard InChI is InChI=1S/C13H13N3/c14-13(12-15-6-3-7-16-12)8-10-4-1-2-5-11(10)9-13/h1-7H,8-9,14H2. The highest BCUT2D eigenvalue weighted by atomic mass is 15.0. The van der Waals surface area contributed by atoms with Crippen molar-refractivity contribution >= 4 is 0 Å². The van der Waals surface area contributed by atoms with Crippen molar-refractivity contribution in [2.24, 2.45) is 5.73 Å². The Kier molecular flexibility index (Phi) is 2.01. The molecular weight excluding hydrogens is 198 g/mol. The molecule has 0 atom stereocenters. The number of hydrogen-bond acceptors (Lipinski definition) is 3. The Morgan fingerprint density at radius 2 is 1.50 bits per heavy atom. The lowest BCUT2D eigenvalue weighted by Gasteiger charge is -2.21. The highest BCUT2D eigenvalue weighted by Crippen LogP contribution is 2.33. The Bertz CT molecular complexity index is 483. The zero-order chi connectivity index (χ0) is 11.0. The van der Waals surface area contributed by atoms with Crippen molar-refractivity contribution in [1.82, 2.24) is 9.97 Å². The van der Waals surface area contributed by atoms with Gasteiger partial charge in [0.1, 0.15) is 5.82 Å². The van der Waals surface area contributed by atoms with Gasteiger partial charge in [0.2, 0.25) is 0 Å². The third kappa shape index (κ3) is 1.41. The molecule has 0 radical (unpaired) electrons. The minimum absolute atomic E-state index is 0.426. The summed E-state index contributed by atoms with van der Waals surface area (Å²) in [5.41, 5.74) is 8.61. The van der Waals surface area contributed by atoms with E-state index in [2.05, 4.69) is 34.2 Å².